The van der Waals surface area contributed by atoms with Gasteiger partial charge >= 0.3 is 0 Å². The van der Waals surface area contributed by atoms with Gasteiger partial charge in [-0.2, -0.15) is 0 Å². The Balaban J connectivity index is 1.13. The van der Waals surface area contributed by atoms with Crippen LogP contribution in [0.1, 0.15) is 24.5 Å². The number of nitrogens with zero attached hydrogens (tertiary/aromatic N) is 2. The predicted molar refractivity (Wildman–Crippen MR) is 197 cm³/mol. The maximum absolute atomic E-state index is 5.24. The van der Waals surface area contributed by atoms with Crippen LogP contribution >= 0.6 is 0 Å². The molecule has 0 aliphatic heterocycles. The van der Waals surface area contributed by atoms with Crippen LogP contribution in [0.25, 0.3) is 55.6 Å². The Labute approximate surface area is 269 Å². The third-order valence-electron chi connectivity index (χ3n) is 9.16. The van der Waals surface area contributed by atoms with Gasteiger partial charge in [0.1, 0.15) is 5.84 Å². The normalized spacial score (nSPS) is 15.0. The van der Waals surface area contributed by atoms with Gasteiger partial charge in [0.15, 0.2) is 0 Å². The maximum atomic E-state index is 5.24. The van der Waals surface area contributed by atoms with Crippen LogP contribution in [0.3, 0.4) is 0 Å². The molecular formula is C44H34N2. The van der Waals surface area contributed by atoms with Crippen LogP contribution in [0, 0.1) is 5.92 Å². The van der Waals surface area contributed by atoms with Gasteiger partial charge in [-0.05, 0) is 103 Å². The molecule has 1 atom stereocenters. The number of aliphatic imine (C=N–C) groups is 2. The summed E-state index contributed by atoms with van der Waals surface area (Å²) < 4.78 is 0. The minimum absolute atomic E-state index is 0.121. The minimum Gasteiger partial charge on any atom is -0.265 e. The molecule has 220 valence electrons. The highest BCUT2D eigenvalue weighted by atomic mass is 14.9. The summed E-state index contributed by atoms with van der Waals surface area (Å²) in [5, 5.41) is 9.97. The summed E-state index contributed by atoms with van der Waals surface area (Å²) in [6, 6.07) is 52.3. The van der Waals surface area contributed by atoms with Gasteiger partial charge in [-0.15, -0.1) is 0 Å². The van der Waals surface area contributed by atoms with E-state index in [1.807, 2.05) is 0 Å². The fourth-order valence-electron chi connectivity index (χ4n) is 6.57. The second kappa shape index (κ2) is 12.1. The van der Waals surface area contributed by atoms with Gasteiger partial charge < -0.3 is 0 Å². The van der Waals surface area contributed by atoms with E-state index in [2.05, 4.69) is 165 Å². The Morgan fingerprint density at radius 1 is 0.565 bits per heavy atom. The number of rotatable bonds is 5. The van der Waals surface area contributed by atoms with E-state index < -0.39 is 0 Å². The van der Waals surface area contributed by atoms with E-state index >= 15 is 0 Å². The summed E-state index contributed by atoms with van der Waals surface area (Å²) in [6.07, 6.45) is 5.54. The summed E-state index contributed by atoms with van der Waals surface area (Å²) in [6.45, 7) is 2.70. The molecule has 2 nitrogen and oxygen atoms in total. The van der Waals surface area contributed by atoms with Crippen molar-refractivity contribution in [3.8, 4) is 11.1 Å². The molecule has 2 heteroatoms. The summed E-state index contributed by atoms with van der Waals surface area (Å²) in [5.74, 6) is 0.999. The van der Waals surface area contributed by atoms with E-state index in [0.717, 1.165) is 23.5 Å². The molecule has 1 aliphatic carbocycles. The van der Waals surface area contributed by atoms with Crippen LogP contribution in [-0.4, -0.2) is 11.5 Å². The van der Waals surface area contributed by atoms with Crippen molar-refractivity contribution in [3.05, 3.63) is 167 Å². The second-order valence-corrected chi connectivity index (χ2v) is 12.2. The quantitative estimate of drug-likeness (QED) is 0.141. The summed E-state index contributed by atoms with van der Waals surface area (Å²) >= 11 is 0. The van der Waals surface area contributed by atoms with Crippen molar-refractivity contribution in [1.82, 2.24) is 0 Å². The zero-order valence-electron chi connectivity index (χ0n) is 25.9. The van der Waals surface area contributed by atoms with Crippen LogP contribution in [0.15, 0.2) is 156 Å². The molecule has 1 unspecified atom stereocenters. The molecule has 46 heavy (non-hydrogen) atoms. The van der Waals surface area contributed by atoms with Gasteiger partial charge in [-0.1, -0.05) is 133 Å². The maximum Gasteiger partial charge on any atom is 0.131 e. The van der Waals surface area contributed by atoms with Crippen LogP contribution < -0.4 is 10.4 Å². The number of fused-ring (bicyclic) bond motifs is 4. The molecule has 0 bridgehead atoms. The van der Waals surface area contributed by atoms with E-state index in [0.29, 0.717) is 6.54 Å². The molecule has 0 heterocycles. The van der Waals surface area contributed by atoms with Crippen molar-refractivity contribution >= 4 is 56.0 Å². The lowest BCUT2D eigenvalue weighted by atomic mass is 9.95. The van der Waals surface area contributed by atoms with Crippen molar-refractivity contribution in [2.24, 2.45) is 15.9 Å². The molecule has 0 aromatic heterocycles. The van der Waals surface area contributed by atoms with Gasteiger partial charge in [0.25, 0.3) is 0 Å². The SMILES string of the molecule is CC(=NC(=NCc1ccc2ccccc2c1)C1C=c2ccccc2=CC1)c1ccc2cc(-c3ccc4ccccc4c3)ccc2c1. The van der Waals surface area contributed by atoms with Crippen molar-refractivity contribution < 1.29 is 0 Å². The fourth-order valence-corrected chi connectivity index (χ4v) is 6.57. The minimum atomic E-state index is 0.121. The molecule has 0 radical (unpaired) electrons. The largest absolute Gasteiger partial charge is 0.265 e. The standard InChI is InChI=1S/C44H34N2/c1-30(35-18-20-41-27-42(22-21-39(41)25-35)40-19-16-33-9-3-6-12-37(33)26-40)46-44(43-23-17-34-10-4-7-13-38(34)28-43)45-29-31-14-15-32-8-2-5-11-36(32)24-31/h2-22,24-28,43H,23,29H2,1H3. The monoisotopic (exact) mass is 590 g/mol. The van der Waals surface area contributed by atoms with E-state index in [1.54, 1.807) is 0 Å². The molecule has 8 rings (SSSR count). The Bertz CT molecular complexity index is 2450. The topological polar surface area (TPSA) is 24.7 Å². The summed E-state index contributed by atoms with van der Waals surface area (Å²) in [5.41, 5.74) is 5.74. The molecule has 0 saturated carbocycles. The highest BCUT2D eigenvalue weighted by Crippen LogP contribution is 2.28. The Hall–Kier alpha value is -5.60. The van der Waals surface area contributed by atoms with Gasteiger partial charge in [0.05, 0.1) is 6.54 Å². The number of hydrogen-bond donors (Lipinski definition) is 0. The molecular weight excluding hydrogens is 556 g/mol. The van der Waals surface area contributed by atoms with Gasteiger partial charge in [-0.25, -0.2) is 4.99 Å². The zero-order chi connectivity index (χ0) is 30.9. The molecule has 1 aliphatic rings. The molecule has 7 aromatic rings. The number of benzene rings is 7. The van der Waals surface area contributed by atoms with E-state index in [9.17, 15) is 0 Å². The smallest absolute Gasteiger partial charge is 0.131 e. The van der Waals surface area contributed by atoms with Crippen LogP contribution in [0.2, 0.25) is 0 Å². The molecule has 0 fully saturated rings. The molecule has 0 spiro atoms. The molecule has 7 aromatic carbocycles. The Morgan fingerprint density at radius 3 is 1.89 bits per heavy atom. The van der Waals surface area contributed by atoms with Gasteiger partial charge in [0.2, 0.25) is 0 Å². The first-order valence-corrected chi connectivity index (χ1v) is 16.0. The van der Waals surface area contributed by atoms with Crippen LogP contribution in [-0.2, 0) is 6.54 Å². The lowest BCUT2D eigenvalue weighted by molar-refractivity contribution is 0.905. The van der Waals surface area contributed by atoms with E-state index in [-0.39, 0.29) is 5.92 Å². The average molecular weight is 591 g/mol. The first-order chi connectivity index (χ1) is 22.7. The van der Waals surface area contributed by atoms with E-state index in [1.165, 1.54) is 59.4 Å². The average Bonchev–Trinajstić information content (AvgIpc) is 3.12. The molecule has 0 saturated heterocycles. The summed E-state index contributed by atoms with van der Waals surface area (Å²) in [7, 11) is 0. The third-order valence-corrected chi connectivity index (χ3v) is 9.16. The lowest BCUT2D eigenvalue weighted by Gasteiger charge is -2.16. The predicted octanol–water partition coefficient (Wildman–Crippen LogP) is 9.50. The van der Waals surface area contributed by atoms with Gasteiger partial charge in [0, 0.05) is 11.6 Å². The fraction of sp³-hybridized carbons (Fsp3) is 0.0909. The van der Waals surface area contributed by atoms with Gasteiger partial charge in [-0.3, -0.25) is 4.99 Å². The second-order valence-electron chi connectivity index (χ2n) is 12.2. The molecule has 0 amide bonds. The lowest BCUT2D eigenvalue weighted by Crippen LogP contribution is -2.30. The van der Waals surface area contributed by atoms with E-state index in [4.69, 9.17) is 9.98 Å². The van der Waals surface area contributed by atoms with Crippen molar-refractivity contribution in [3.63, 3.8) is 0 Å². The Morgan fingerprint density at radius 2 is 1.13 bits per heavy atom. The number of hydrogen-bond acceptors (Lipinski definition) is 1. The molecule has 0 N–H and O–H groups in total. The zero-order valence-corrected chi connectivity index (χ0v) is 25.9. The van der Waals surface area contributed by atoms with Crippen LogP contribution in [0.4, 0.5) is 0 Å². The first kappa shape index (κ1) is 27.9. The van der Waals surface area contributed by atoms with Crippen LogP contribution in [0.5, 0.6) is 0 Å². The highest BCUT2D eigenvalue weighted by molar-refractivity contribution is 6.09. The first-order valence-electron chi connectivity index (χ1n) is 16.0. The van der Waals surface area contributed by atoms with Crippen molar-refractivity contribution in [1.29, 1.82) is 0 Å². The Kier molecular flexibility index (Phi) is 7.32. The van der Waals surface area contributed by atoms with Crippen molar-refractivity contribution in [2.45, 2.75) is 19.9 Å². The summed E-state index contributed by atoms with van der Waals surface area (Å²) in [4.78, 5) is 10.4. The third kappa shape index (κ3) is 5.66. The van der Waals surface area contributed by atoms with Crippen molar-refractivity contribution in [2.75, 3.05) is 0 Å². The highest BCUT2D eigenvalue weighted by Gasteiger charge is 2.16. The number of amidine groups is 1.